The Bertz CT molecular complexity index is 134. The van der Waals surface area contributed by atoms with E-state index in [9.17, 15) is 0 Å². The highest BCUT2D eigenvalue weighted by Crippen LogP contribution is 2.07. The van der Waals surface area contributed by atoms with Crippen molar-refractivity contribution in [3.63, 3.8) is 0 Å². The van der Waals surface area contributed by atoms with Crippen LogP contribution in [0.3, 0.4) is 0 Å². The molecule has 0 bridgehead atoms. The van der Waals surface area contributed by atoms with Gasteiger partial charge in [0.1, 0.15) is 0 Å². The summed E-state index contributed by atoms with van der Waals surface area (Å²) in [5, 5.41) is 0. The molecular weight excluding hydrogens is 186 g/mol. The van der Waals surface area contributed by atoms with Crippen LogP contribution < -0.4 is 11.5 Å². The van der Waals surface area contributed by atoms with Crippen LogP contribution in [0.4, 0.5) is 0 Å². The first-order chi connectivity index (χ1) is 7.06. The normalized spacial score (nSPS) is 23.2. The van der Waals surface area contributed by atoms with E-state index in [1.165, 1.54) is 19.4 Å². The zero-order valence-electron chi connectivity index (χ0n) is 10.7. The highest BCUT2D eigenvalue weighted by Gasteiger charge is 2.12. The fraction of sp³-hybridized carbons (Fsp3) is 1.00. The van der Waals surface area contributed by atoms with Crippen molar-refractivity contribution in [3.05, 3.63) is 0 Å². The summed E-state index contributed by atoms with van der Waals surface area (Å²) < 4.78 is 0. The predicted octanol–water partition coefficient (Wildman–Crippen LogP) is 1.42. The third-order valence-electron chi connectivity index (χ3n) is 2.31. The van der Waals surface area contributed by atoms with Crippen LogP contribution in [-0.2, 0) is 0 Å². The van der Waals surface area contributed by atoms with Crippen molar-refractivity contribution < 1.29 is 0 Å². The molecule has 0 amide bonds. The van der Waals surface area contributed by atoms with Crippen LogP contribution in [0.25, 0.3) is 0 Å². The molecule has 0 aromatic carbocycles. The fourth-order valence-electron chi connectivity index (χ4n) is 1.59. The summed E-state index contributed by atoms with van der Waals surface area (Å²) in [6.45, 7) is 10.6. The zero-order chi connectivity index (χ0) is 11.7. The maximum absolute atomic E-state index is 5.84. The summed E-state index contributed by atoms with van der Waals surface area (Å²) in [5.41, 5.74) is 11.3. The van der Waals surface area contributed by atoms with Gasteiger partial charge < -0.3 is 16.4 Å². The molecule has 1 heterocycles. The molecule has 1 atom stereocenters. The molecule has 15 heavy (non-hydrogen) atoms. The van der Waals surface area contributed by atoms with E-state index in [0.717, 1.165) is 32.0 Å². The number of rotatable bonds is 2. The second kappa shape index (κ2) is 9.13. The molecular formula is C12H29N3. The van der Waals surface area contributed by atoms with Crippen LogP contribution in [0, 0.1) is 5.92 Å². The molecule has 1 aliphatic heterocycles. The largest absolute Gasteiger partial charge is 0.329 e. The third-order valence-corrected chi connectivity index (χ3v) is 2.31. The van der Waals surface area contributed by atoms with Gasteiger partial charge in [-0.05, 0) is 38.3 Å². The first kappa shape index (κ1) is 14.9. The lowest BCUT2D eigenvalue weighted by Crippen LogP contribution is -2.31. The highest BCUT2D eigenvalue weighted by atomic mass is 15.1. The van der Waals surface area contributed by atoms with Gasteiger partial charge in [0.05, 0.1) is 0 Å². The third kappa shape index (κ3) is 10.2. The summed E-state index contributed by atoms with van der Waals surface area (Å²) >= 11 is 0. The molecule has 0 aromatic rings. The highest BCUT2D eigenvalue weighted by molar-refractivity contribution is 4.71. The number of nitrogens with two attached hydrogens (primary N) is 2. The first-order valence-electron chi connectivity index (χ1n) is 6.24. The minimum Gasteiger partial charge on any atom is -0.329 e. The lowest BCUT2D eigenvalue weighted by atomic mass is 10.1. The molecule has 0 spiro atoms. The van der Waals surface area contributed by atoms with Gasteiger partial charge in [-0.2, -0.15) is 0 Å². The molecule has 3 nitrogen and oxygen atoms in total. The van der Waals surface area contributed by atoms with Crippen molar-refractivity contribution in [2.75, 3.05) is 26.2 Å². The quantitative estimate of drug-likeness (QED) is 0.732. The van der Waals surface area contributed by atoms with Crippen molar-refractivity contribution in [2.24, 2.45) is 17.4 Å². The molecule has 4 N–H and O–H groups in total. The average molecular weight is 215 g/mol. The van der Waals surface area contributed by atoms with E-state index in [4.69, 9.17) is 11.5 Å². The van der Waals surface area contributed by atoms with E-state index in [2.05, 4.69) is 25.7 Å². The van der Waals surface area contributed by atoms with Crippen LogP contribution in [-0.4, -0.2) is 37.1 Å². The maximum atomic E-state index is 5.84. The Balaban J connectivity index is 0.000000423. The van der Waals surface area contributed by atoms with E-state index >= 15 is 0 Å². The lowest BCUT2D eigenvalue weighted by molar-refractivity contribution is 0.292. The molecule has 92 valence electrons. The summed E-state index contributed by atoms with van der Waals surface area (Å²) in [5.74, 6) is 0.833. The maximum Gasteiger partial charge on any atom is 0.0105 e. The van der Waals surface area contributed by atoms with Gasteiger partial charge in [-0.3, -0.25) is 0 Å². The van der Waals surface area contributed by atoms with Gasteiger partial charge in [-0.1, -0.05) is 20.8 Å². The number of hydrogen-bond donors (Lipinski definition) is 2. The molecule has 0 radical (unpaired) electrons. The molecule has 1 unspecified atom stereocenters. The smallest absolute Gasteiger partial charge is 0.0105 e. The Kier molecular flexibility index (Phi) is 9.06. The van der Waals surface area contributed by atoms with Crippen molar-refractivity contribution in [1.82, 2.24) is 4.90 Å². The number of nitrogens with zero attached hydrogens (tertiary/aromatic N) is 1. The Morgan fingerprint density at radius 1 is 1.20 bits per heavy atom. The van der Waals surface area contributed by atoms with Gasteiger partial charge in [0.25, 0.3) is 0 Å². The average Bonchev–Trinajstić information content (AvgIpc) is 2.31. The zero-order valence-corrected chi connectivity index (χ0v) is 10.7. The van der Waals surface area contributed by atoms with Crippen LogP contribution in [0.2, 0.25) is 0 Å². The lowest BCUT2D eigenvalue weighted by Gasteiger charge is -2.18. The van der Waals surface area contributed by atoms with Gasteiger partial charge in [0.15, 0.2) is 0 Å². The van der Waals surface area contributed by atoms with Crippen LogP contribution in [0.5, 0.6) is 0 Å². The van der Waals surface area contributed by atoms with Crippen molar-refractivity contribution >= 4 is 0 Å². The number of likely N-dealkylation sites (tertiary alicyclic amines) is 1. The van der Waals surface area contributed by atoms with Gasteiger partial charge in [-0.15, -0.1) is 0 Å². The van der Waals surface area contributed by atoms with E-state index < -0.39 is 0 Å². The summed E-state index contributed by atoms with van der Waals surface area (Å²) in [7, 11) is 0. The molecule has 0 aliphatic carbocycles. The minimum atomic E-state index is 0.428. The second-order valence-corrected chi connectivity index (χ2v) is 5.05. The van der Waals surface area contributed by atoms with E-state index in [1.807, 2.05) is 0 Å². The Labute approximate surface area is 95.2 Å². The SMILES string of the molecule is CC(C)C.NCCN1CCCC(N)CC1. The number of hydrogen-bond acceptors (Lipinski definition) is 3. The van der Waals surface area contributed by atoms with E-state index in [1.54, 1.807) is 0 Å². The van der Waals surface area contributed by atoms with Gasteiger partial charge in [-0.25, -0.2) is 0 Å². The van der Waals surface area contributed by atoms with Crippen molar-refractivity contribution in [1.29, 1.82) is 0 Å². The Morgan fingerprint density at radius 2 is 1.80 bits per heavy atom. The molecule has 1 saturated heterocycles. The van der Waals surface area contributed by atoms with Gasteiger partial charge in [0, 0.05) is 19.1 Å². The van der Waals surface area contributed by atoms with Crippen molar-refractivity contribution in [2.45, 2.75) is 46.1 Å². The molecule has 1 fully saturated rings. The van der Waals surface area contributed by atoms with E-state index in [0.29, 0.717) is 6.04 Å². The molecule has 1 aliphatic rings. The minimum absolute atomic E-state index is 0.428. The molecule has 0 saturated carbocycles. The van der Waals surface area contributed by atoms with Crippen LogP contribution in [0.1, 0.15) is 40.0 Å². The second-order valence-electron chi connectivity index (χ2n) is 5.05. The van der Waals surface area contributed by atoms with Gasteiger partial charge >= 0.3 is 0 Å². The van der Waals surface area contributed by atoms with Crippen LogP contribution >= 0.6 is 0 Å². The first-order valence-corrected chi connectivity index (χ1v) is 6.24. The summed E-state index contributed by atoms with van der Waals surface area (Å²) in [4.78, 5) is 2.41. The molecule has 3 heteroatoms. The Hall–Kier alpha value is -0.120. The molecule has 0 aromatic heterocycles. The van der Waals surface area contributed by atoms with Gasteiger partial charge in [0.2, 0.25) is 0 Å². The van der Waals surface area contributed by atoms with Crippen molar-refractivity contribution in [3.8, 4) is 0 Å². The summed E-state index contributed by atoms with van der Waals surface area (Å²) in [6, 6.07) is 0.428. The fourth-order valence-corrected chi connectivity index (χ4v) is 1.59. The topological polar surface area (TPSA) is 55.3 Å². The predicted molar refractivity (Wildman–Crippen MR) is 67.8 cm³/mol. The molecule has 1 rings (SSSR count). The Morgan fingerprint density at radius 3 is 2.33 bits per heavy atom. The monoisotopic (exact) mass is 215 g/mol. The van der Waals surface area contributed by atoms with E-state index in [-0.39, 0.29) is 0 Å². The van der Waals surface area contributed by atoms with Crippen LogP contribution in [0.15, 0.2) is 0 Å². The standard InChI is InChI=1S/C8H19N3.C4H10/c9-4-7-11-5-1-2-8(10)3-6-11;1-4(2)3/h8H,1-7,9-10H2;4H,1-3H3. The summed E-state index contributed by atoms with van der Waals surface area (Å²) in [6.07, 6.45) is 3.56.